The average Bonchev–Trinajstić information content (AvgIpc) is 2.56. The Morgan fingerprint density at radius 2 is 1.33 bits per heavy atom. The SMILES string of the molecule is CC(CS(=O)(=O)O)OC(=O)C12CC3CC(C1)CC(C(=O)OC(CS(=O)(=O)O)C(F)(F)F)(C3)C2. The second-order valence-electron chi connectivity index (χ2n) is 9.67. The lowest BCUT2D eigenvalue weighted by molar-refractivity contribution is -0.231. The van der Waals surface area contributed by atoms with Crippen LogP contribution in [0.3, 0.4) is 0 Å². The van der Waals surface area contributed by atoms with Crippen LogP contribution < -0.4 is 0 Å². The van der Waals surface area contributed by atoms with Gasteiger partial charge in [0, 0.05) is 0 Å². The molecule has 2 N–H and O–H groups in total. The minimum absolute atomic E-state index is 0.161. The maximum absolute atomic E-state index is 13.3. The number of alkyl halides is 3. The molecule has 10 nitrogen and oxygen atoms in total. The van der Waals surface area contributed by atoms with E-state index in [-0.39, 0.29) is 31.1 Å². The van der Waals surface area contributed by atoms with Crippen molar-refractivity contribution in [1.29, 1.82) is 0 Å². The van der Waals surface area contributed by atoms with E-state index in [1.807, 2.05) is 0 Å². The fraction of sp³-hybridized carbons (Fsp3) is 0.889. The van der Waals surface area contributed by atoms with Crippen molar-refractivity contribution < 1.29 is 58.2 Å². The van der Waals surface area contributed by atoms with Gasteiger partial charge in [-0.2, -0.15) is 30.0 Å². The van der Waals surface area contributed by atoms with Crippen LogP contribution in [0.1, 0.15) is 45.4 Å². The Morgan fingerprint density at radius 1 is 0.909 bits per heavy atom. The first-order chi connectivity index (χ1) is 14.8. The van der Waals surface area contributed by atoms with Crippen LogP contribution in [0.2, 0.25) is 0 Å². The standard InChI is InChI=1S/C18H25F3O10S2/c1-10(7-32(24,25)26)30-14(22)16-3-11-2-12(4-16)6-17(5-11,9-16)15(23)31-13(18(19,20)21)8-33(27,28)29/h10-13H,2-9H2,1H3,(H,24,25,26)(H,27,28,29). The fourth-order valence-corrected chi connectivity index (χ4v) is 7.32. The molecule has 0 saturated heterocycles. The molecule has 4 bridgehead atoms. The van der Waals surface area contributed by atoms with Gasteiger partial charge in [-0.1, -0.05) is 0 Å². The van der Waals surface area contributed by atoms with Gasteiger partial charge in [-0.3, -0.25) is 18.7 Å². The van der Waals surface area contributed by atoms with Crippen LogP contribution >= 0.6 is 0 Å². The van der Waals surface area contributed by atoms with Crippen molar-refractivity contribution in [1.82, 2.24) is 0 Å². The molecule has 0 amide bonds. The monoisotopic (exact) mass is 522 g/mol. The molecule has 4 aliphatic carbocycles. The lowest BCUT2D eigenvalue weighted by Crippen LogP contribution is -2.59. The third kappa shape index (κ3) is 5.98. The summed E-state index contributed by atoms with van der Waals surface area (Å²) >= 11 is 0. The number of rotatable bonds is 8. The van der Waals surface area contributed by atoms with Crippen LogP contribution in [-0.2, 0) is 39.3 Å². The maximum Gasteiger partial charge on any atom is 0.426 e. The van der Waals surface area contributed by atoms with E-state index >= 15 is 0 Å². The fourth-order valence-electron chi connectivity index (χ4n) is 6.02. The summed E-state index contributed by atoms with van der Waals surface area (Å²) in [5, 5.41) is 0. The van der Waals surface area contributed by atoms with Crippen molar-refractivity contribution in [2.75, 3.05) is 11.5 Å². The van der Waals surface area contributed by atoms with E-state index in [0.717, 1.165) is 0 Å². The second-order valence-corrected chi connectivity index (χ2v) is 12.7. The first-order valence-corrected chi connectivity index (χ1v) is 13.4. The topological polar surface area (TPSA) is 161 Å². The molecule has 190 valence electrons. The van der Waals surface area contributed by atoms with Gasteiger partial charge in [0.2, 0.25) is 6.10 Å². The molecule has 4 aliphatic rings. The molecule has 0 radical (unpaired) electrons. The Bertz CT molecular complexity index is 1010. The minimum Gasteiger partial charge on any atom is -0.461 e. The molecule has 0 aromatic carbocycles. The maximum atomic E-state index is 13.3. The highest BCUT2D eigenvalue weighted by Crippen LogP contribution is 2.66. The first-order valence-electron chi connectivity index (χ1n) is 10.2. The van der Waals surface area contributed by atoms with Gasteiger partial charge in [-0.15, -0.1) is 0 Å². The van der Waals surface area contributed by atoms with E-state index in [1.165, 1.54) is 6.92 Å². The van der Waals surface area contributed by atoms with Gasteiger partial charge >= 0.3 is 18.1 Å². The second kappa shape index (κ2) is 8.34. The summed E-state index contributed by atoms with van der Waals surface area (Å²) in [6.07, 6.45) is -8.08. The largest absolute Gasteiger partial charge is 0.461 e. The van der Waals surface area contributed by atoms with Crippen molar-refractivity contribution >= 4 is 32.2 Å². The highest BCUT2D eigenvalue weighted by atomic mass is 32.2. The van der Waals surface area contributed by atoms with Gasteiger partial charge < -0.3 is 9.47 Å². The zero-order valence-electron chi connectivity index (χ0n) is 17.6. The summed E-state index contributed by atoms with van der Waals surface area (Å²) in [5.74, 6) is -5.13. The Hall–Kier alpha value is -1.45. The number of halogens is 3. The van der Waals surface area contributed by atoms with E-state index in [9.17, 15) is 39.6 Å². The zero-order chi connectivity index (χ0) is 25.0. The van der Waals surface area contributed by atoms with Crippen molar-refractivity contribution in [3.8, 4) is 0 Å². The molecule has 4 fully saturated rings. The van der Waals surface area contributed by atoms with Crippen LogP contribution in [0.4, 0.5) is 13.2 Å². The van der Waals surface area contributed by atoms with Crippen LogP contribution in [0.25, 0.3) is 0 Å². The molecule has 4 unspecified atom stereocenters. The van der Waals surface area contributed by atoms with Crippen molar-refractivity contribution in [3.63, 3.8) is 0 Å². The Balaban J connectivity index is 1.82. The van der Waals surface area contributed by atoms with Crippen LogP contribution in [-0.4, -0.2) is 67.8 Å². The highest BCUT2D eigenvalue weighted by molar-refractivity contribution is 7.86. The lowest BCUT2D eigenvalue weighted by atomic mass is 9.44. The summed E-state index contributed by atoms with van der Waals surface area (Å²) in [5.41, 5.74) is -2.69. The summed E-state index contributed by atoms with van der Waals surface area (Å²) in [6.45, 7) is 1.26. The number of ether oxygens (including phenoxy) is 2. The van der Waals surface area contributed by atoms with Gasteiger partial charge in [-0.25, -0.2) is 0 Å². The van der Waals surface area contributed by atoms with E-state index in [2.05, 4.69) is 4.74 Å². The molecule has 33 heavy (non-hydrogen) atoms. The molecule has 4 saturated carbocycles. The van der Waals surface area contributed by atoms with Gasteiger partial charge in [-0.05, 0) is 57.3 Å². The number of hydrogen-bond donors (Lipinski definition) is 2. The predicted molar refractivity (Wildman–Crippen MR) is 104 cm³/mol. The predicted octanol–water partition coefficient (Wildman–Crippen LogP) is 1.75. The highest BCUT2D eigenvalue weighted by Gasteiger charge is 2.65. The van der Waals surface area contributed by atoms with E-state index in [1.54, 1.807) is 0 Å². The van der Waals surface area contributed by atoms with E-state index < -0.39 is 72.9 Å². The van der Waals surface area contributed by atoms with Crippen LogP contribution in [0, 0.1) is 22.7 Å². The van der Waals surface area contributed by atoms with Crippen molar-refractivity contribution in [2.45, 2.75) is 63.8 Å². The zero-order valence-corrected chi connectivity index (χ0v) is 19.2. The first kappa shape index (κ1) is 26.2. The number of carbonyl (C=O) groups excluding carboxylic acids is 2. The average molecular weight is 523 g/mol. The molecule has 4 rings (SSSR count). The number of hydrogen-bond acceptors (Lipinski definition) is 8. The molecule has 0 aromatic heterocycles. The Morgan fingerprint density at radius 3 is 1.73 bits per heavy atom. The minimum atomic E-state index is -5.24. The molecule has 15 heteroatoms. The Labute approximate surface area is 188 Å². The van der Waals surface area contributed by atoms with Crippen molar-refractivity contribution in [3.05, 3.63) is 0 Å². The van der Waals surface area contributed by atoms with Gasteiger partial charge in [0.1, 0.15) is 17.6 Å². The molecular formula is C18H25F3O10S2. The smallest absolute Gasteiger partial charge is 0.426 e. The van der Waals surface area contributed by atoms with Crippen molar-refractivity contribution in [2.24, 2.45) is 22.7 Å². The van der Waals surface area contributed by atoms with Gasteiger partial charge in [0.25, 0.3) is 20.2 Å². The third-order valence-corrected chi connectivity index (χ3v) is 8.27. The van der Waals surface area contributed by atoms with E-state index in [4.69, 9.17) is 13.8 Å². The number of esters is 2. The third-order valence-electron chi connectivity index (χ3n) is 6.66. The molecular weight excluding hydrogens is 497 g/mol. The van der Waals surface area contributed by atoms with E-state index in [0.29, 0.717) is 19.3 Å². The van der Waals surface area contributed by atoms with Crippen LogP contribution in [0.15, 0.2) is 0 Å². The van der Waals surface area contributed by atoms with Gasteiger partial charge in [0.05, 0.1) is 10.8 Å². The molecule has 0 aromatic rings. The summed E-state index contributed by atoms with van der Waals surface area (Å²) in [4.78, 5) is 25.9. The molecule has 0 spiro atoms. The summed E-state index contributed by atoms with van der Waals surface area (Å²) in [6, 6.07) is 0. The summed E-state index contributed by atoms with van der Waals surface area (Å²) in [7, 11) is -9.52. The molecule has 4 atom stereocenters. The normalized spacial score (nSPS) is 33.4. The molecule has 0 heterocycles. The summed E-state index contributed by atoms with van der Waals surface area (Å²) < 4.78 is 111. The van der Waals surface area contributed by atoms with Crippen LogP contribution in [0.5, 0.6) is 0 Å². The number of carbonyl (C=O) groups is 2. The quantitative estimate of drug-likeness (QED) is 0.355. The molecule has 0 aliphatic heterocycles. The van der Waals surface area contributed by atoms with Gasteiger partial charge in [0.15, 0.2) is 0 Å². The lowest BCUT2D eigenvalue weighted by Gasteiger charge is -2.59. The Kier molecular flexibility index (Phi) is 6.61.